The second-order valence-corrected chi connectivity index (χ2v) is 10.1. The average molecular weight is 554 g/mol. The number of aryl methyl sites for hydroxylation is 1. The van der Waals surface area contributed by atoms with Gasteiger partial charge in [-0.25, -0.2) is 4.98 Å². The number of halogens is 6. The van der Waals surface area contributed by atoms with E-state index in [1.165, 1.54) is 6.20 Å². The topological polar surface area (TPSA) is 45.2 Å². The maximum Gasteiger partial charge on any atom is 0.416 e. The third-order valence-electron chi connectivity index (χ3n) is 6.25. The number of amides is 1. The molecule has 1 aliphatic rings. The Kier molecular flexibility index (Phi) is 8.25. The molecule has 0 unspecified atom stereocenters. The van der Waals surface area contributed by atoms with E-state index in [0.29, 0.717) is 17.7 Å². The summed E-state index contributed by atoms with van der Waals surface area (Å²) in [7, 11) is 0. The summed E-state index contributed by atoms with van der Waals surface area (Å²) in [4.78, 5) is 19.8. The molecule has 0 saturated carbocycles. The van der Waals surface area contributed by atoms with Crippen LogP contribution < -0.4 is 10.2 Å². The molecule has 1 saturated heterocycles. The molecule has 1 amide bonds. The fourth-order valence-corrected chi connectivity index (χ4v) is 5.17. The smallest absolute Gasteiger partial charge is 0.355 e. The highest BCUT2D eigenvalue weighted by atomic mass is 32.2. The van der Waals surface area contributed by atoms with Crippen molar-refractivity contribution in [2.45, 2.75) is 25.7 Å². The van der Waals surface area contributed by atoms with Crippen LogP contribution in [0.5, 0.6) is 0 Å². The van der Waals surface area contributed by atoms with Crippen LogP contribution in [0.25, 0.3) is 11.1 Å². The van der Waals surface area contributed by atoms with Crippen molar-refractivity contribution in [1.29, 1.82) is 0 Å². The largest absolute Gasteiger partial charge is 0.416 e. The number of hydrogen-bond donors (Lipinski definition) is 1. The fourth-order valence-electron chi connectivity index (χ4n) is 4.27. The predicted molar refractivity (Wildman–Crippen MR) is 136 cm³/mol. The predicted octanol–water partition coefficient (Wildman–Crippen LogP) is 6.62. The summed E-state index contributed by atoms with van der Waals surface area (Å²) < 4.78 is 79.0. The maximum atomic E-state index is 13.2. The lowest BCUT2D eigenvalue weighted by atomic mass is 9.96. The van der Waals surface area contributed by atoms with E-state index in [2.05, 4.69) is 15.2 Å². The molecule has 0 bridgehead atoms. The highest BCUT2D eigenvalue weighted by Crippen LogP contribution is 2.36. The molecule has 11 heteroatoms. The minimum absolute atomic E-state index is 0.0881. The standard InChI is InChI=1S/C27H25F6N3OS/c1-17-4-2-3-5-21(17)22-15-24(36-8-10-38-11-9-36)35-16-23(22)25(37)34-7-6-18-12-19(26(28,29)30)14-20(13-18)27(31,32)33/h2-5,12-16H,6-11H2,1H3,(H,34,37). The number of aromatic nitrogens is 1. The van der Waals surface area contributed by atoms with E-state index in [4.69, 9.17) is 0 Å². The van der Waals surface area contributed by atoms with E-state index in [-0.39, 0.29) is 30.2 Å². The van der Waals surface area contributed by atoms with Crippen LogP contribution in [-0.4, -0.2) is 42.0 Å². The third kappa shape index (κ3) is 6.61. The number of nitrogens with zero attached hydrogens (tertiary/aromatic N) is 2. The van der Waals surface area contributed by atoms with Crippen molar-refractivity contribution in [2.24, 2.45) is 0 Å². The van der Waals surface area contributed by atoms with Crippen LogP contribution >= 0.6 is 11.8 Å². The van der Waals surface area contributed by atoms with E-state index >= 15 is 0 Å². The number of alkyl halides is 6. The van der Waals surface area contributed by atoms with Gasteiger partial charge in [0.05, 0.1) is 16.7 Å². The molecule has 38 heavy (non-hydrogen) atoms. The van der Waals surface area contributed by atoms with Crippen molar-refractivity contribution in [1.82, 2.24) is 10.3 Å². The van der Waals surface area contributed by atoms with Crippen molar-refractivity contribution in [3.8, 4) is 11.1 Å². The van der Waals surface area contributed by atoms with Gasteiger partial charge in [-0.15, -0.1) is 0 Å². The lowest BCUT2D eigenvalue weighted by Gasteiger charge is -2.28. The zero-order chi connectivity index (χ0) is 27.5. The Balaban J connectivity index is 1.57. The molecule has 1 fully saturated rings. The zero-order valence-electron chi connectivity index (χ0n) is 20.4. The first-order chi connectivity index (χ1) is 17.9. The van der Waals surface area contributed by atoms with Crippen LogP contribution in [0.4, 0.5) is 32.2 Å². The Bertz CT molecular complexity index is 1270. The van der Waals surface area contributed by atoms with Crippen molar-refractivity contribution < 1.29 is 31.1 Å². The van der Waals surface area contributed by atoms with Crippen LogP contribution in [0.1, 0.15) is 32.6 Å². The lowest BCUT2D eigenvalue weighted by Crippen LogP contribution is -2.33. The Hall–Kier alpha value is -3.21. The van der Waals surface area contributed by atoms with E-state index in [9.17, 15) is 31.1 Å². The van der Waals surface area contributed by atoms with Gasteiger partial charge in [-0.3, -0.25) is 4.79 Å². The first-order valence-electron chi connectivity index (χ1n) is 11.9. The van der Waals surface area contributed by atoms with Crippen LogP contribution in [0, 0.1) is 6.92 Å². The molecule has 0 radical (unpaired) electrons. The maximum absolute atomic E-state index is 13.2. The lowest BCUT2D eigenvalue weighted by molar-refractivity contribution is -0.143. The molecule has 3 aromatic rings. The Morgan fingerprint density at radius 2 is 1.58 bits per heavy atom. The summed E-state index contributed by atoms with van der Waals surface area (Å²) >= 11 is 1.86. The Morgan fingerprint density at radius 1 is 0.947 bits per heavy atom. The summed E-state index contributed by atoms with van der Waals surface area (Å²) in [6.07, 6.45) is -8.60. The number of carbonyl (C=O) groups is 1. The molecule has 4 nitrogen and oxygen atoms in total. The molecule has 2 aromatic carbocycles. The van der Waals surface area contributed by atoms with Crippen LogP contribution in [-0.2, 0) is 18.8 Å². The minimum atomic E-state index is -4.93. The van der Waals surface area contributed by atoms with Gasteiger partial charge >= 0.3 is 12.4 Å². The second kappa shape index (κ2) is 11.3. The number of thioether (sulfide) groups is 1. The molecule has 1 aromatic heterocycles. The highest BCUT2D eigenvalue weighted by molar-refractivity contribution is 7.99. The van der Waals surface area contributed by atoms with E-state index in [0.717, 1.165) is 41.5 Å². The molecule has 1 aliphatic heterocycles. The van der Waals surface area contributed by atoms with E-state index in [1.807, 2.05) is 49.0 Å². The van der Waals surface area contributed by atoms with Crippen molar-refractivity contribution in [3.63, 3.8) is 0 Å². The van der Waals surface area contributed by atoms with Crippen LogP contribution in [0.2, 0.25) is 0 Å². The van der Waals surface area contributed by atoms with Crippen molar-refractivity contribution >= 4 is 23.5 Å². The van der Waals surface area contributed by atoms with Gasteiger partial charge in [0.2, 0.25) is 0 Å². The second-order valence-electron chi connectivity index (χ2n) is 8.92. The Morgan fingerprint density at radius 3 is 2.18 bits per heavy atom. The van der Waals surface area contributed by atoms with Gasteiger partial charge in [-0.05, 0) is 59.9 Å². The third-order valence-corrected chi connectivity index (χ3v) is 7.19. The highest BCUT2D eigenvalue weighted by Gasteiger charge is 2.36. The summed E-state index contributed by atoms with van der Waals surface area (Å²) in [6, 6.07) is 10.8. The molecular weight excluding hydrogens is 528 g/mol. The molecule has 0 atom stereocenters. The minimum Gasteiger partial charge on any atom is -0.355 e. The van der Waals surface area contributed by atoms with Gasteiger partial charge in [-0.1, -0.05) is 24.3 Å². The number of anilines is 1. The number of pyridine rings is 1. The van der Waals surface area contributed by atoms with Crippen LogP contribution in [0.3, 0.4) is 0 Å². The number of hydrogen-bond acceptors (Lipinski definition) is 4. The summed E-state index contributed by atoms with van der Waals surface area (Å²) in [5.74, 6) is 2.16. The molecule has 4 rings (SSSR count). The van der Waals surface area contributed by atoms with Crippen LogP contribution in [0.15, 0.2) is 54.7 Å². The van der Waals surface area contributed by atoms with Gasteiger partial charge in [0.15, 0.2) is 0 Å². The molecule has 202 valence electrons. The summed E-state index contributed by atoms with van der Waals surface area (Å²) in [5.41, 5.74) is -0.241. The van der Waals surface area contributed by atoms with Gasteiger partial charge in [0.1, 0.15) is 5.82 Å². The number of benzene rings is 2. The van der Waals surface area contributed by atoms with Gasteiger partial charge < -0.3 is 10.2 Å². The number of carbonyl (C=O) groups excluding carboxylic acids is 1. The van der Waals surface area contributed by atoms with Gasteiger partial charge in [-0.2, -0.15) is 38.1 Å². The first kappa shape index (κ1) is 27.8. The molecular formula is C27H25F6N3OS. The summed E-state index contributed by atoms with van der Waals surface area (Å²) in [5, 5.41) is 2.63. The SMILES string of the molecule is Cc1ccccc1-c1cc(N2CCSCC2)ncc1C(=O)NCCc1cc(C(F)(F)F)cc(C(F)(F)F)c1. The normalized spacial score (nSPS) is 14.4. The quantitative estimate of drug-likeness (QED) is 0.349. The zero-order valence-corrected chi connectivity index (χ0v) is 21.2. The molecule has 0 spiro atoms. The van der Waals surface area contributed by atoms with E-state index in [1.54, 1.807) is 0 Å². The molecule has 0 aliphatic carbocycles. The van der Waals surface area contributed by atoms with Gasteiger partial charge in [0.25, 0.3) is 5.91 Å². The molecule has 2 heterocycles. The van der Waals surface area contributed by atoms with Crippen molar-refractivity contribution in [2.75, 3.05) is 36.0 Å². The Labute approximate surface area is 220 Å². The van der Waals surface area contributed by atoms with Gasteiger partial charge in [0, 0.05) is 37.3 Å². The molecule has 1 N–H and O–H groups in total. The average Bonchev–Trinajstić information content (AvgIpc) is 2.88. The number of nitrogens with one attached hydrogen (secondary N) is 1. The number of rotatable bonds is 6. The monoisotopic (exact) mass is 553 g/mol. The van der Waals surface area contributed by atoms with Crippen molar-refractivity contribution in [3.05, 3.63) is 82.5 Å². The fraction of sp³-hybridized carbons (Fsp3) is 0.333. The first-order valence-corrected chi connectivity index (χ1v) is 13.0. The summed E-state index contributed by atoms with van der Waals surface area (Å²) in [6.45, 7) is 3.41. The van der Waals surface area contributed by atoms with E-state index < -0.39 is 29.4 Å².